The van der Waals surface area contributed by atoms with Gasteiger partial charge in [-0.25, -0.2) is 4.98 Å². The van der Waals surface area contributed by atoms with Crippen LogP contribution in [0.2, 0.25) is 0 Å². The Labute approximate surface area is 95.4 Å². The first-order chi connectivity index (χ1) is 7.85. The van der Waals surface area contributed by atoms with E-state index in [4.69, 9.17) is 9.47 Å². The highest BCUT2D eigenvalue weighted by atomic mass is 16.6. The van der Waals surface area contributed by atoms with E-state index < -0.39 is 0 Å². The van der Waals surface area contributed by atoms with Gasteiger partial charge in [0.25, 0.3) is 5.88 Å². The topological polar surface area (TPSA) is 31.4 Å². The first-order valence-electron chi connectivity index (χ1n) is 5.38. The van der Waals surface area contributed by atoms with Gasteiger partial charge in [0.1, 0.15) is 6.61 Å². The van der Waals surface area contributed by atoms with Crippen molar-refractivity contribution in [2.24, 2.45) is 0 Å². The van der Waals surface area contributed by atoms with Crippen LogP contribution in [0, 0.1) is 0 Å². The molecule has 0 amide bonds. The lowest BCUT2D eigenvalue weighted by Gasteiger charge is -2.26. The normalized spacial score (nSPS) is 20.1. The molecule has 0 saturated carbocycles. The maximum atomic E-state index is 5.78. The maximum Gasteiger partial charge on any atom is 0.257 e. The number of aromatic nitrogens is 1. The molecule has 0 aliphatic carbocycles. The standard InChI is InChI=1S/C13H15NO2/c1-3-6-10(4-2)12-9-15-11-7-5-8-14-13(11)16-12/h3-8,12H,9H2,1-2H3. The molecular weight excluding hydrogens is 202 g/mol. The van der Waals surface area contributed by atoms with Gasteiger partial charge in [-0.3, -0.25) is 0 Å². The van der Waals surface area contributed by atoms with Crippen molar-refractivity contribution in [2.75, 3.05) is 6.61 Å². The van der Waals surface area contributed by atoms with Gasteiger partial charge in [0.2, 0.25) is 0 Å². The molecule has 0 fully saturated rings. The Balaban J connectivity index is 2.19. The van der Waals surface area contributed by atoms with Crippen LogP contribution in [0.3, 0.4) is 0 Å². The molecule has 0 N–H and O–H groups in total. The van der Waals surface area contributed by atoms with Crippen molar-refractivity contribution in [3.8, 4) is 11.6 Å². The smallest absolute Gasteiger partial charge is 0.257 e. The van der Waals surface area contributed by atoms with Crippen LogP contribution in [-0.2, 0) is 0 Å². The summed E-state index contributed by atoms with van der Waals surface area (Å²) in [6.45, 7) is 4.51. The molecule has 0 spiro atoms. The van der Waals surface area contributed by atoms with Crippen LogP contribution >= 0.6 is 0 Å². The second kappa shape index (κ2) is 4.84. The molecular formula is C13H15NO2. The van der Waals surface area contributed by atoms with Crippen molar-refractivity contribution in [1.29, 1.82) is 0 Å². The lowest BCUT2D eigenvalue weighted by atomic mass is 10.1. The second-order valence-corrected chi connectivity index (χ2v) is 3.51. The molecule has 84 valence electrons. The first-order valence-corrected chi connectivity index (χ1v) is 5.38. The molecule has 0 saturated heterocycles. The van der Waals surface area contributed by atoms with Crippen molar-refractivity contribution in [1.82, 2.24) is 4.98 Å². The third-order valence-corrected chi connectivity index (χ3v) is 2.44. The van der Waals surface area contributed by atoms with Crippen molar-refractivity contribution in [2.45, 2.75) is 20.0 Å². The van der Waals surface area contributed by atoms with E-state index in [0.29, 0.717) is 12.5 Å². The number of pyridine rings is 1. The lowest BCUT2D eigenvalue weighted by Crippen LogP contribution is -2.30. The fourth-order valence-electron chi connectivity index (χ4n) is 1.65. The van der Waals surface area contributed by atoms with E-state index in [-0.39, 0.29) is 6.10 Å². The number of rotatable bonds is 2. The Morgan fingerprint density at radius 2 is 2.38 bits per heavy atom. The fraction of sp³-hybridized carbons (Fsp3) is 0.308. The van der Waals surface area contributed by atoms with Crippen LogP contribution in [-0.4, -0.2) is 17.7 Å². The Hall–Kier alpha value is -1.77. The van der Waals surface area contributed by atoms with Gasteiger partial charge in [-0.15, -0.1) is 0 Å². The highest BCUT2D eigenvalue weighted by Gasteiger charge is 2.23. The van der Waals surface area contributed by atoms with Crippen molar-refractivity contribution in [3.05, 3.63) is 42.1 Å². The van der Waals surface area contributed by atoms with Crippen molar-refractivity contribution >= 4 is 0 Å². The molecule has 1 unspecified atom stereocenters. The molecule has 3 heteroatoms. The molecule has 0 bridgehead atoms. The average Bonchev–Trinajstić information content (AvgIpc) is 2.35. The molecule has 1 aromatic heterocycles. The lowest BCUT2D eigenvalue weighted by molar-refractivity contribution is 0.111. The van der Waals surface area contributed by atoms with Gasteiger partial charge in [-0.05, 0) is 31.6 Å². The molecule has 1 aliphatic rings. The van der Waals surface area contributed by atoms with Crippen molar-refractivity contribution < 1.29 is 9.47 Å². The molecule has 1 aromatic rings. The number of hydrogen-bond donors (Lipinski definition) is 0. The zero-order valence-corrected chi connectivity index (χ0v) is 9.51. The summed E-state index contributed by atoms with van der Waals surface area (Å²) in [5, 5.41) is 0. The largest absolute Gasteiger partial charge is 0.484 e. The zero-order valence-electron chi connectivity index (χ0n) is 9.51. The summed E-state index contributed by atoms with van der Waals surface area (Å²) in [5.41, 5.74) is 1.11. The van der Waals surface area contributed by atoms with E-state index in [0.717, 1.165) is 11.3 Å². The predicted octanol–water partition coefficient (Wildman–Crippen LogP) is 2.74. The van der Waals surface area contributed by atoms with Crippen molar-refractivity contribution in [3.63, 3.8) is 0 Å². The monoisotopic (exact) mass is 217 g/mol. The summed E-state index contributed by atoms with van der Waals surface area (Å²) >= 11 is 0. The summed E-state index contributed by atoms with van der Waals surface area (Å²) in [4.78, 5) is 4.15. The third kappa shape index (κ3) is 2.08. The Morgan fingerprint density at radius 1 is 1.50 bits per heavy atom. The average molecular weight is 217 g/mol. The van der Waals surface area contributed by atoms with E-state index in [1.165, 1.54) is 0 Å². The quantitative estimate of drug-likeness (QED) is 0.714. The zero-order chi connectivity index (χ0) is 11.4. The molecule has 2 heterocycles. The van der Waals surface area contributed by atoms with Crippen LogP contribution in [0.5, 0.6) is 11.6 Å². The Kier molecular flexibility index (Phi) is 3.25. The van der Waals surface area contributed by atoms with Crippen LogP contribution in [0.4, 0.5) is 0 Å². The van der Waals surface area contributed by atoms with Crippen LogP contribution < -0.4 is 9.47 Å². The summed E-state index contributed by atoms with van der Waals surface area (Å²) < 4.78 is 11.4. The van der Waals surface area contributed by atoms with Gasteiger partial charge >= 0.3 is 0 Å². The van der Waals surface area contributed by atoms with Crippen LogP contribution in [0.15, 0.2) is 42.1 Å². The molecule has 0 radical (unpaired) electrons. The summed E-state index contributed by atoms with van der Waals surface area (Å²) in [5.74, 6) is 1.29. The number of allylic oxidation sites excluding steroid dienone is 2. The minimum Gasteiger partial charge on any atom is -0.484 e. The van der Waals surface area contributed by atoms with Crippen LogP contribution in [0.25, 0.3) is 0 Å². The van der Waals surface area contributed by atoms with Crippen LogP contribution in [0.1, 0.15) is 13.8 Å². The predicted molar refractivity (Wildman–Crippen MR) is 62.7 cm³/mol. The maximum absolute atomic E-state index is 5.78. The SMILES string of the molecule is CC=CC(=CC)C1COc2cccnc2O1. The first kappa shape index (κ1) is 10.7. The van der Waals surface area contributed by atoms with Gasteiger partial charge in [0.15, 0.2) is 11.9 Å². The molecule has 16 heavy (non-hydrogen) atoms. The summed E-state index contributed by atoms with van der Waals surface area (Å²) in [7, 11) is 0. The van der Waals surface area contributed by atoms with E-state index in [2.05, 4.69) is 4.98 Å². The third-order valence-electron chi connectivity index (χ3n) is 2.44. The van der Waals surface area contributed by atoms with E-state index >= 15 is 0 Å². The van der Waals surface area contributed by atoms with E-state index in [1.807, 2.05) is 44.2 Å². The second-order valence-electron chi connectivity index (χ2n) is 3.51. The Morgan fingerprint density at radius 3 is 3.12 bits per heavy atom. The molecule has 3 nitrogen and oxygen atoms in total. The fourth-order valence-corrected chi connectivity index (χ4v) is 1.65. The minimum atomic E-state index is -0.0661. The van der Waals surface area contributed by atoms with Gasteiger partial charge in [-0.2, -0.15) is 0 Å². The summed E-state index contributed by atoms with van der Waals surface area (Å²) in [6, 6.07) is 3.70. The molecule has 1 aliphatic heterocycles. The summed E-state index contributed by atoms with van der Waals surface area (Å²) in [6.07, 6.45) is 7.69. The van der Waals surface area contributed by atoms with E-state index in [9.17, 15) is 0 Å². The molecule has 1 atom stereocenters. The van der Waals surface area contributed by atoms with Gasteiger partial charge < -0.3 is 9.47 Å². The number of nitrogens with zero attached hydrogens (tertiary/aromatic N) is 1. The van der Waals surface area contributed by atoms with Gasteiger partial charge in [0, 0.05) is 6.20 Å². The number of fused-ring (bicyclic) bond motifs is 1. The number of ether oxygens (including phenoxy) is 2. The highest BCUT2D eigenvalue weighted by Crippen LogP contribution is 2.30. The Bertz CT molecular complexity index is 424. The van der Waals surface area contributed by atoms with E-state index in [1.54, 1.807) is 6.20 Å². The van der Waals surface area contributed by atoms with Gasteiger partial charge in [0.05, 0.1) is 0 Å². The van der Waals surface area contributed by atoms with Gasteiger partial charge in [-0.1, -0.05) is 18.2 Å². The number of hydrogen-bond acceptors (Lipinski definition) is 3. The molecule has 2 rings (SSSR count). The minimum absolute atomic E-state index is 0.0661. The molecule has 0 aromatic carbocycles. The highest BCUT2D eigenvalue weighted by molar-refractivity contribution is 5.36.